The summed E-state index contributed by atoms with van der Waals surface area (Å²) in [6.07, 6.45) is 2.79. The molecule has 98 valence electrons. The molecule has 0 radical (unpaired) electrons. The van der Waals surface area contributed by atoms with Crippen molar-refractivity contribution in [2.75, 3.05) is 7.05 Å². The highest BCUT2D eigenvalue weighted by atomic mass is 32.2. The molecule has 8 heteroatoms. The molecule has 1 fully saturated rings. The van der Waals surface area contributed by atoms with Crippen molar-refractivity contribution in [1.82, 2.24) is 10.3 Å². The van der Waals surface area contributed by atoms with E-state index in [4.69, 9.17) is 9.88 Å². The van der Waals surface area contributed by atoms with Gasteiger partial charge in [0.05, 0.1) is 11.7 Å². The number of pyridine rings is 1. The molecule has 0 unspecified atom stereocenters. The van der Waals surface area contributed by atoms with Crippen LogP contribution in [0.5, 0.6) is 5.75 Å². The average molecular weight is 271 g/mol. The first-order valence-corrected chi connectivity index (χ1v) is 6.88. The topological polar surface area (TPSA) is 111 Å². The highest BCUT2D eigenvalue weighted by Gasteiger charge is 2.30. The Hall–Kier alpha value is -1.67. The number of carbonyl (C=O) groups excluding carboxylic acids is 1. The van der Waals surface area contributed by atoms with E-state index in [2.05, 4.69) is 10.3 Å². The van der Waals surface area contributed by atoms with Gasteiger partial charge in [-0.25, -0.2) is 18.5 Å². The Labute approximate surface area is 104 Å². The van der Waals surface area contributed by atoms with Crippen LogP contribution in [-0.2, 0) is 10.0 Å². The fourth-order valence-electron chi connectivity index (χ4n) is 1.41. The van der Waals surface area contributed by atoms with Crippen molar-refractivity contribution < 1.29 is 17.9 Å². The van der Waals surface area contributed by atoms with Crippen molar-refractivity contribution >= 4 is 15.9 Å². The monoisotopic (exact) mass is 271 g/mol. The molecule has 1 aliphatic carbocycles. The zero-order chi connectivity index (χ0) is 13.3. The van der Waals surface area contributed by atoms with Crippen molar-refractivity contribution in [3.05, 3.63) is 17.8 Å². The Morgan fingerprint density at radius 1 is 1.56 bits per heavy atom. The number of nitrogens with one attached hydrogen (secondary N) is 1. The van der Waals surface area contributed by atoms with Crippen LogP contribution >= 0.6 is 0 Å². The van der Waals surface area contributed by atoms with E-state index >= 15 is 0 Å². The Kier molecular flexibility index (Phi) is 3.22. The first kappa shape index (κ1) is 12.8. The highest BCUT2D eigenvalue weighted by Crippen LogP contribution is 2.32. The second-order valence-corrected chi connectivity index (χ2v) is 5.41. The predicted molar refractivity (Wildman–Crippen MR) is 62.7 cm³/mol. The van der Waals surface area contributed by atoms with Crippen molar-refractivity contribution in [2.45, 2.75) is 24.0 Å². The van der Waals surface area contributed by atoms with E-state index in [1.807, 2.05) is 0 Å². The number of hydrogen-bond donors (Lipinski definition) is 2. The van der Waals surface area contributed by atoms with Crippen LogP contribution in [0.4, 0.5) is 0 Å². The summed E-state index contributed by atoms with van der Waals surface area (Å²) in [5, 5.41) is 7.07. The van der Waals surface area contributed by atoms with E-state index in [0.29, 0.717) is 0 Å². The van der Waals surface area contributed by atoms with Gasteiger partial charge in [0.15, 0.2) is 5.75 Å². The van der Waals surface area contributed by atoms with E-state index in [1.165, 1.54) is 19.3 Å². The van der Waals surface area contributed by atoms with Gasteiger partial charge in [-0.1, -0.05) is 0 Å². The van der Waals surface area contributed by atoms with Crippen LogP contribution in [0, 0.1) is 0 Å². The van der Waals surface area contributed by atoms with Crippen LogP contribution in [0.2, 0.25) is 0 Å². The third-order valence-electron chi connectivity index (χ3n) is 2.42. The molecule has 0 bridgehead atoms. The minimum Gasteiger partial charge on any atom is -0.486 e. The Bertz CT molecular complexity index is 581. The smallest absolute Gasteiger partial charge is 0.259 e. The SMILES string of the molecule is CNC(=O)c1ccnc(S(N)(=O)=O)c1OC1CC1. The lowest BCUT2D eigenvalue weighted by Gasteiger charge is -2.12. The molecule has 1 aromatic rings. The maximum Gasteiger partial charge on any atom is 0.259 e. The van der Waals surface area contributed by atoms with Gasteiger partial charge in [0.25, 0.3) is 15.9 Å². The molecular formula is C10H13N3O4S. The van der Waals surface area contributed by atoms with Gasteiger partial charge in [-0.2, -0.15) is 0 Å². The summed E-state index contributed by atoms with van der Waals surface area (Å²) in [5.74, 6) is -0.514. The number of hydrogen-bond acceptors (Lipinski definition) is 5. The van der Waals surface area contributed by atoms with E-state index < -0.39 is 21.0 Å². The quantitative estimate of drug-likeness (QED) is 0.776. The van der Waals surface area contributed by atoms with Gasteiger partial charge < -0.3 is 10.1 Å². The molecule has 1 saturated carbocycles. The van der Waals surface area contributed by atoms with Crippen LogP contribution in [0.15, 0.2) is 17.3 Å². The van der Waals surface area contributed by atoms with E-state index in [-0.39, 0.29) is 17.4 Å². The number of amides is 1. The number of nitrogens with zero attached hydrogens (tertiary/aromatic N) is 1. The first-order valence-electron chi connectivity index (χ1n) is 5.34. The van der Waals surface area contributed by atoms with Gasteiger partial charge in [0.2, 0.25) is 5.03 Å². The van der Waals surface area contributed by atoms with Crippen LogP contribution < -0.4 is 15.2 Å². The lowest BCUT2D eigenvalue weighted by molar-refractivity contribution is 0.0957. The van der Waals surface area contributed by atoms with Crippen molar-refractivity contribution in [2.24, 2.45) is 5.14 Å². The summed E-state index contributed by atoms with van der Waals surface area (Å²) in [7, 11) is -2.59. The standard InChI is InChI=1S/C10H13N3O4S/c1-12-9(14)7-4-5-13-10(18(11,15)16)8(7)17-6-2-3-6/h4-6H,2-3H2,1H3,(H,12,14)(H2,11,15,16). The van der Waals surface area contributed by atoms with E-state index in [1.54, 1.807) is 0 Å². The average Bonchev–Trinajstić information content (AvgIpc) is 3.11. The third-order valence-corrected chi connectivity index (χ3v) is 3.25. The highest BCUT2D eigenvalue weighted by molar-refractivity contribution is 7.89. The maximum absolute atomic E-state index is 11.7. The number of sulfonamides is 1. The molecule has 3 N–H and O–H groups in total. The fraction of sp³-hybridized carbons (Fsp3) is 0.400. The van der Waals surface area contributed by atoms with Gasteiger partial charge in [0, 0.05) is 13.2 Å². The molecule has 0 spiro atoms. The minimum atomic E-state index is -4.03. The molecule has 18 heavy (non-hydrogen) atoms. The minimum absolute atomic E-state index is 0.0677. The van der Waals surface area contributed by atoms with Crippen LogP contribution in [0.25, 0.3) is 0 Å². The molecule has 1 amide bonds. The maximum atomic E-state index is 11.7. The summed E-state index contributed by atoms with van der Waals surface area (Å²) in [6.45, 7) is 0. The predicted octanol–water partition coefficient (Wildman–Crippen LogP) is -0.370. The zero-order valence-corrected chi connectivity index (χ0v) is 10.5. The molecule has 0 atom stereocenters. The van der Waals surface area contributed by atoms with Gasteiger partial charge >= 0.3 is 0 Å². The van der Waals surface area contributed by atoms with Gasteiger partial charge in [0.1, 0.15) is 0 Å². The summed E-state index contributed by atoms with van der Waals surface area (Å²) in [6, 6.07) is 1.39. The normalized spacial score (nSPS) is 15.2. The molecule has 2 rings (SSSR count). The largest absolute Gasteiger partial charge is 0.486 e. The molecule has 7 nitrogen and oxygen atoms in total. The van der Waals surface area contributed by atoms with Crippen molar-refractivity contribution in [1.29, 1.82) is 0 Å². The zero-order valence-electron chi connectivity index (χ0n) is 9.71. The number of rotatable bonds is 4. The summed E-state index contributed by atoms with van der Waals surface area (Å²) < 4.78 is 28.3. The van der Waals surface area contributed by atoms with Crippen molar-refractivity contribution in [3.63, 3.8) is 0 Å². The number of aromatic nitrogens is 1. The molecule has 1 heterocycles. The lowest BCUT2D eigenvalue weighted by Crippen LogP contribution is -2.22. The molecule has 0 aliphatic heterocycles. The second-order valence-electron chi connectivity index (χ2n) is 3.93. The number of nitrogens with two attached hydrogens (primary N) is 1. The summed E-state index contributed by atoms with van der Waals surface area (Å²) >= 11 is 0. The summed E-state index contributed by atoms with van der Waals surface area (Å²) in [4.78, 5) is 15.4. The van der Waals surface area contributed by atoms with Gasteiger partial charge in [-0.05, 0) is 18.9 Å². The fourth-order valence-corrected chi connectivity index (χ4v) is 2.04. The molecular weight excluding hydrogens is 258 g/mol. The van der Waals surface area contributed by atoms with E-state index in [9.17, 15) is 13.2 Å². The molecule has 0 aromatic carbocycles. The Morgan fingerprint density at radius 3 is 2.72 bits per heavy atom. The Balaban J connectivity index is 2.55. The lowest BCUT2D eigenvalue weighted by atomic mass is 10.2. The third kappa shape index (κ3) is 2.59. The Morgan fingerprint density at radius 2 is 2.22 bits per heavy atom. The van der Waals surface area contributed by atoms with Crippen LogP contribution in [-0.4, -0.2) is 32.5 Å². The van der Waals surface area contributed by atoms with Gasteiger partial charge in [-0.3, -0.25) is 4.79 Å². The summed E-state index contributed by atoms with van der Waals surface area (Å²) in [5.41, 5.74) is 0.114. The van der Waals surface area contributed by atoms with Crippen molar-refractivity contribution in [3.8, 4) is 5.75 Å². The molecule has 1 aromatic heterocycles. The van der Waals surface area contributed by atoms with E-state index in [0.717, 1.165) is 12.8 Å². The molecule has 1 aliphatic rings. The molecule has 0 saturated heterocycles. The number of primary sulfonamides is 1. The number of carbonyl (C=O) groups is 1. The van der Waals surface area contributed by atoms with Crippen LogP contribution in [0.3, 0.4) is 0 Å². The van der Waals surface area contributed by atoms with Crippen LogP contribution in [0.1, 0.15) is 23.2 Å². The first-order chi connectivity index (χ1) is 8.43. The second kappa shape index (κ2) is 4.54. The number of ether oxygens (including phenoxy) is 1. The van der Waals surface area contributed by atoms with Gasteiger partial charge in [-0.15, -0.1) is 0 Å².